The van der Waals surface area contributed by atoms with Gasteiger partial charge in [-0.3, -0.25) is 0 Å². The lowest BCUT2D eigenvalue weighted by Crippen LogP contribution is -2.47. The Balaban J connectivity index is 1.66. The summed E-state index contributed by atoms with van der Waals surface area (Å²) in [6, 6.07) is 12.9. The Bertz CT molecular complexity index is 885. The number of nitrogens with zero attached hydrogens (tertiary/aromatic N) is 1. The van der Waals surface area contributed by atoms with Gasteiger partial charge in [-0.2, -0.15) is 0 Å². The summed E-state index contributed by atoms with van der Waals surface area (Å²) in [5.41, 5.74) is -0.209. The van der Waals surface area contributed by atoms with Crippen molar-refractivity contribution in [3.8, 4) is 5.75 Å². The molecule has 4 atom stereocenters. The summed E-state index contributed by atoms with van der Waals surface area (Å²) >= 11 is 0. The van der Waals surface area contributed by atoms with E-state index in [9.17, 15) is 14.3 Å². The molecule has 0 aromatic heterocycles. The number of benzene rings is 2. The highest BCUT2D eigenvalue weighted by molar-refractivity contribution is 5.90. The maximum Gasteiger partial charge on any atom is 0.343 e. The molecule has 0 saturated heterocycles. The molecule has 1 N–H and O–H groups in total. The number of fused-ring (bicyclic) bond motifs is 2. The minimum atomic E-state index is -1.12. The molecule has 2 aromatic carbocycles. The van der Waals surface area contributed by atoms with E-state index >= 15 is 0 Å². The molecule has 29 heavy (non-hydrogen) atoms. The zero-order chi connectivity index (χ0) is 20.6. The molecule has 0 amide bonds. The van der Waals surface area contributed by atoms with Crippen molar-refractivity contribution in [3.63, 3.8) is 0 Å². The predicted octanol–water partition coefficient (Wildman–Crippen LogP) is 4.23. The van der Waals surface area contributed by atoms with Crippen LogP contribution in [0.25, 0.3) is 0 Å². The number of ether oxygens (including phenoxy) is 1. The number of aliphatic hydroxyl groups is 1. The van der Waals surface area contributed by atoms with Crippen LogP contribution in [0.3, 0.4) is 0 Å². The Kier molecular flexibility index (Phi) is 5.45. The minimum absolute atomic E-state index is 0.0238. The molecule has 5 heteroatoms. The van der Waals surface area contributed by atoms with Crippen molar-refractivity contribution >= 4 is 5.97 Å². The van der Waals surface area contributed by atoms with Crippen LogP contribution in [-0.2, 0) is 5.60 Å². The lowest BCUT2D eigenvalue weighted by atomic mass is 9.66. The lowest BCUT2D eigenvalue weighted by molar-refractivity contribution is -0.0893. The first kappa shape index (κ1) is 20.0. The second kappa shape index (κ2) is 7.88. The fraction of sp³-hybridized carbons (Fsp3) is 0.458. The van der Waals surface area contributed by atoms with Gasteiger partial charge < -0.3 is 14.7 Å². The lowest BCUT2D eigenvalue weighted by Gasteiger charge is -2.45. The van der Waals surface area contributed by atoms with Crippen LogP contribution in [0.4, 0.5) is 4.39 Å². The zero-order valence-electron chi connectivity index (χ0n) is 17.0. The van der Waals surface area contributed by atoms with Gasteiger partial charge in [0.2, 0.25) is 0 Å². The van der Waals surface area contributed by atoms with Crippen LogP contribution in [0.5, 0.6) is 5.75 Å². The summed E-state index contributed by atoms with van der Waals surface area (Å²) in [6.45, 7) is 0.740. The molecule has 0 aliphatic heterocycles. The van der Waals surface area contributed by atoms with Crippen molar-refractivity contribution in [2.75, 3.05) is 20.6 Å². The van der Waals surface area contributed by atoms with E-state index in [2.05, 4.69) is 4.90 Å². The van der Waals surface area contributed by atoms with Crippen LogP contribution >= 0.6 is 0 Å². The minimum Gasteiger partial charge on any atom is -0.423 e. The van der Waals surface area contributed by atoms with Crippen LogP contribution in [0, 0.1) is 23.6 Å². The van der Waals surface area contributed by atoms with Crippen LogP contribution in [0.2, 0.25) is 0 Å². The zero-order valence-corrected chi connectivity index (χ0v) is 17.0. The van der Waals surface area contributed by atoms with Crippen molar-refractivity contribution in [1.82, 2.24) is 4.90 Å². The molecule has 2 aromatic rings. The maximum atomic E-state index is 14.5. The third-order valence-corrected chi connectivity index (χ3v) is 6.52. The van der Waals surface area contributed by atoms with E-state index < -0.39 is 17.4 Å². The van der Waals surface area contributed by atoms with Gasteiger partial charge in [-0.25, -0.2) is 9.18 Å². The summed E-state index contributed by atoms with van der Waals surface area (Å²) in [5, 5.41) is 11.8. The highest BCUT2D eigenvalue weighted by Gasteiger charge is 2.51. The quantitative estimate of drug-likeness (QED) is 0.606. The molecule has 0 radical (unpaired) electrons. The van der Waals surface area contributed by atoms with E-state index in [-0.39, 0.29) is 11.7 Å². The normalized spacial score (nSPS) is 28.5. The molecular formula is C24H28FNO3. The third-order valence-electron chi connectivity index (χ3n) is 6.52. The Morgan fingerprint density at radius 3 is 2.69 bits per heavy atom. The smallest absolute Gasteiger partial charge is 0.343 e. The van der Waals surface area contributed by atoms with Gasteiger partial charge in [0.05, 0.1) is 11.2 Å². The van der Waals surface area contributed by atoms with Crippen molar-refractivity contribution in [2.24, 2.45) is 17.8 Å². The first-order chi connectivity index (χ1) is 13.8. The van der Waals surface area contributed by atoms with Crippen LogP contribution in [0.1, 0.15) is 41.6 Å². The largest absolute Gasteiger partial charge is 0.423 e. The molecule has 4 nitrogen and oxygen atoms in total. The number of carbonyl (C=O) groups is 1. The molecule has 2 saturated carbocycles. The Morgan fingerprint density at radius 1 is 1.21 bits per heavy atom. The Labute approximate surface area is 171 Å². The van der Waals surface area contributed by atoms with Gasteiger partial charge in [0, 0.05) is 18.5 Å². The number of hydrogen-bond acceptors (Lipinski definition) is 4. The molecular weight excluding hydrogens is 369 g/mol. The van der Waals surface area contributed by atoms with Crippen LogP contribution < -0.4 is 4.74 Å². The third kappa shape index (κ3) is 4.07. The average Bonchev–Trinajstić information content (AvgIpc) is 3.08. The number of hydrogen-bond donors (Lipinski definition) is 1. The molecule has 4 rings (SSSR count). The van der Waals surface area contributed by atoms with Crippen molar-refractivity contribution in [3.05, 3.63) is 65.5 Å². The molecule has 2 aliphatic rings. The van der Waals surface area contributed by atoms with E-state index in [1.807, 2.05) is 20.2 Å². The van der Waals surface area contributed by atoms with Crippen molar-refractivity contribution in [1.29, 1.82) is 0 Å². The number of halogens is 1. The summed E-state index contributed by atoms with van der Waals surface area (Å²) < 4.78 is 19.9. The molecule has 2 fully saturated rings. The van der Waals surface area contributed by atoms with Gasteiger partial charge in [-0.1, -0.05) is 24.6 Å². The van der Waals surface area contributed by atoms with Crippen molar-refractivity contribution < 1.29 is 19.0 Å². The molecule has 3 unspecified atom stereocenters. The van der Waals surface area contributed by atoms with E-state index in [1.54, 1.807) is 30.3 Å². The SMILES string of the molecule is CN(C)CC1C2CC[C@H](C2)CC1(O)c1cc(F)cc(OC(=O)c2ccccc2)c1. The van der Waals surface area contributed by atoms with E-state index in [4.69, 9.17) is 4.74 Å². The first-order valence-corrected chi connectivity index (χ1v) is 10.3. The Morgan fingerprint density at radius 2 is 1.97 bits per heavy atom. The summed E-state index contributed by atoms with van der Waals surface area (Å²) in [4.78, 5) is 14.5. The van der Waals surface area contributed by atoms with Gasteiger partial charge in [0.15, 0.2) is 0 Å². The molecule has 2 aliphatic carbocycles. The summed E-state index contributed by atoms with van der Waals surface area (Å²) in [6.07, 6.45) is 3.97. The average molecular weight is 397 g/mol. The van der Waals surface area contributed by atoms with Crippen molar-refractivity contribution in [2.45, 2.75) is 31.3 Å². The standard InChI is InChI=1S/C24H28FNO3/c1-26(2)15-22-18-9-8-16(10-18)14-24(22,28)19-11-20(25)13-21(12-19)29-23(27)17-6-4-3-5-7-17/h3-7,11-13,16,18,22,28H,8-10,14-15H2,1-2H3/t16-,18?,22?,24?/m1/s1. The molecule has 0 heterocycles. The molecule has 2 bridgehead atoms. The summed E-state index contributed by atoms with van der Waals surface area (Å²) in [5.74, 6) is -0.00253. The second-order valence-electron chi connectivity index (χ2n) is 8.87. The van der Waals surface area contributed by atoms with Gasteiger partial charge >= 0.3 is 5.97 Å². The fourth-order valence-corrected chi connectivity index (χ4v) is 5.28. The fourth-order valence-electron chi connectivity index (χ4n) is 5.28. The monoisotopic (exact) mass is 397 g/mol. The summed E-state index contributed by atoms with van der Waals surface area (Å²) in [7, 11) is 4.00. The highest BCUT2D eigenvalue weighted by Crippen LogP contribution is 2.54. The van der Waals surface area contributed by atoms with Gasteiger partial charge in [0.1, 0.15) is 11.6 Å². The maximum absolute atomic E-state index is 14.5. The second-order valence-corrected chi connectivity index (χ2v) is 8.87. The topological polar surface area (TPSA) is 49.8 Å². The van der Waals surface area contributed by atoms with Gasteiger partial charge in [-0.15, -0.1) is 0 Å². The van der Waals surface area contributed by atoms with E-state index in [0.29, 0.717) is 29.4 Å². The molecule has 0 spiro atoms. The van der Waals surface area contributed by atoms with Crippen LogP contribution in [0.15, 0.2) is 48.5 Å². The molecule has 154 valence electrons. The van der Waals surface area contributed by atoms with Gasteiger partial charge in [0.25, 0.3) is 0 Å². The number of esters is 1. The van der Waals surface area contributed by atoms with E-state index in [1.165, 1.54) is 12.1 Å². The first-order valence-electron chi connectivity index (χ1n) is 10.3. The predicted molar refractivity (Wildman–Crippen MR) is 109 cm³/mol. The number of rotatable bonds is 5. The Hall–Kier alpha value is -2.24. The van der Waals surface area contributed by atoms with Gasteiger partial charge in [-0.05, 0) is 75.0 Å². The highest BCUT2D eigenvalue weighted by atomic mass is 19.1. The number of carbonyl (C=O) groups excluding carboxylic acids is 1. The van der Waals surface area contributed by atoms with E-state index in [0.717, 1.165) is 25.8 Å². The van der Waals surface area contributed by atoms with Crippen LogP contribution in [-0.4, -0.2) is 36.6 Å².